The van der Waals surface area contributed by atoms with Gasteiger partial charge in [0.1, 0.15) is 5.82 Å². The molecule has 0 radical (unpaired) electrons. The average molecular weight is 353 g/mol. The third-order valence-corrected chi connectivity index (χ3v) is 5.63. The Bertz CT molecular complexity index is 770. The summed E-state index contributed by atoms with van der Waals surface area (Å²) in [6, 6.07) is 4.13. The maximum absolute atomic E-state index is 12.4. The fourth-order valence-electron chi connectivity index (χ4n) is 4.26. The van der Waals surface area contributed by atoms with E-state index < -0.39 is 0 Å². The zero-order valence-electron chi connectivity index (χ0n) is 15.4. The number of carbonyl (C=O) groups is 1. The third kappa shape index (κ3) is 3.51. The van der Waals surface area contributed by atoms with Gasteiger partial charge in [0.05, 0.1) is 18.3 Å². The van der Waals surface area contributed by atoms with Crippen molar-refractivity contribution in [3.05, 3.63) is 47.3 Å². The molecule has 0 spiro atoms. The number of aromatic nitrogens is 3. The predicted molar refractivity (Wildman–Crippen MR) is 99.5 cm³/mol. The number of rotatable bonds is 5. The van der Waals surface area contributed by atoms with Crippen molar-refractivity contribution in [1.82, 2.24) is 24.8 Å². The highest BCUT2D eigenvalue weighted by molar-refractivity contribution is 5.78. The lowest BCUT2D eigenvalue weighted by Crippen LogP contribution is -2.37. The van der Waals surface area contributed by atoms with Crippen LogP contribution in [0.3, 0.4) is 0 Å². The van der Waals surface area contributed by atoms with Crippen molar-refractivity contribution in [2.75, 3.05) is 13.1 Å². The highest BCUT2D eigenvalue weighted by atomic mass is 16.2. The SMILES string of the molecule is Cn1c([C@H]2CCCN2CC(=O)NCc2cccnc2)nc2c1CCCC2. The van der Waals surface area contributed by atoms with Crippen LogP contribution in [0.4, 0.5) is 0 Å². The third-order valence-electron chi connectivity index (χ3n) is 5.63. The Morgan fingerprint density at radius 3 is 3.00 bits per heavy atom. The van der Waals surface area contributed by atoms with Crippen LogP contribution >= 0.6 is 0 Å². The summed E-state index contributed by atoms with van der Waals surface area (Å²) in [6.45, 7) is 1.92. The lowest BCUT2D eigenvalue weighted by Gasteiger charge is -2.23. The fraction of sp³-hybridized carbons (Fsp3) is 0.550. The Hall–Kier alpha value is -2.21. The minimum atomic E-state index is 0.0692. The second-order valence-corrected chi connectivity index (χ2v) is 7.40. The molecule has 2 aliphatic rings. The summed E-state index contributed by atoms with van der Waals surface area (Å²) in [5, 5.41) is 3.01. The van der Waals surface area contributed by atoms with Gasteiger partial charge in [0.2, 0.25) is 5.91 Å². The van der Waals surface area contributed by atoms with Gasteiger partial charge in [0.25, 0.3) is 0 Å². The number of amides is 1. The molecule has 0 saturated carbocycles. The summed E-state index contributed by atoms with van der Waals surface area (Å²) in [5.41, 5.74) is 3.70. The first-order valence-corrected chi connectivity index (χ1v) is 9.66. The summed E-state index contributed by atoms with van der Waals surface area (Å²) in [7, 11) is 2.14. The van der Waals surface area contributed by atoms with Crippen LogP contribution in [0.25, 0.3) is 0 Å². The molecule has 2 aromatic heterocycles. The van der Waals surface area contributed by atoms with Crippen molar-refractivity contribution in [2.24, 2.45) is 7.05 Å². The van der Waals surface area contributed by atoms with Crippen molar-refractivity contribution in [3.8, 4) is 0 Å². The summed E-state index contributed by atoms with van der Waals surface area (Å²) < 4.78 is 2.30. The highest BCUT2D eigenvalue weighted by Crippen LogP contribution is 2.33. The molecule has 0 bridgehead atoms. The maximum atomic E-state index is 12.4. The smallest absolute Gasteiger partial charge is 0.234 e. The number of imidazole rings is 1. The molecular weight excluding hydrogens is 326 g/mol. The van der Waals surface area contributed by atoms with E-state index in [4.69, 9.17) is 4.98 Å². The number of fused-ring (bicyclic) bond motifs is 1. The second-order valence-electron chi connectivity index (χ2n) is 7.40. The maximum Gasteiger partial charge on any atom is 0.234 e. The van der Waals surface area contributed by atoms with Gasteiger partial charge in [-0.15, -0.1) is 0 Å². The van der Waals surface area contributed by atoms with E-state index in [1.165, 1.54) is 24.2 Å². The van der Waals surface area contributed by atoms with E-state index in [1.807, 2.05) is 12.1 Å². The van der Waals surface area contributed by atoms with Crippen LogP contribution in [0, 0.1) is 0 Å². The molecule has 1 aliphatic carbocycles. The molecule has 26 heavy (non-hydrogen) atoms. The van der Waals surface area contributed by atoms with Crippen LogP contribution < -0.4 is 5.32 Å². The fourth-order valence-corrected chi connectivity index (χ4v) is 4.26. The summed E-state index contributed by atoms with van der Waals surface area (Å²) in [5.74, 6) is 1.22. The molecule has 1 fully saturated rings. The molecular formula is C20H27N5O. The van der Waals surface area contributed by atoms with Gasteiger partial charge in [0, 0.05) is 31.7 Å². The Kier molecular flexibility index (Phi) is 5.02. The summed E-state index contributed by atoms with van der Waals surface area (Å²) in [4.78, 5) is 23.8. The minimum Gasteiger partial charge on any atom is -0.351 e. The van der Waals surface area contributed by atoms with Gasteiger partial charge in [-0.25, -0.2) is 4.98 Å². The molecule has 0 unspecified atom stereocenters. The molecule has 2 aromatic rings. The van der Waals surface area contributed by atoms with Crippen molar-refractivity contribution in [2.45, 2.75) is 51.1 Å². The Morgan fingerprint density at radius 1 is 1.31 bits per heavy atom. The lowest BCUT2D eigenvalue weighted by molar-refractivity contribution is -0.122. The van der Waals surface area contributed by atoms with Gasteiger partial charge < -0.3 is 9.88 Å². The molecule has 4 rings (SSSR count). The van der Waals surface area contributed by atoms with Gasteiger partial charge >= 0.3 is 0 Å². The van der Waals surface area contributed by atoms with Crippen molar-refractivity contribution >= 4 is 5.91 Å². The number of nitrogens with zero attached hydrogens (tertiary/aromatic N) is 4. The molecule has 1 amide bonds. The van der Waals surface area contributed by atoms with Gasteiger partial charge in [0.15, 0.2) is 0 Å². The van der Waals surface area contributed by atoms with Gasteiger partial charge in [-0.05, 0) is 56.7 Å². The molecule has 1 saturated heterocycles. The first-order chi connectivity index (χ1) is 12.7. The van der Waals surface area contributed by atoms with E-state index in [9.17, 15) is 4.79 Å². The Morgan fingerprint density at radius 2 is 2.19 bits per heavy atom. The van der Waals surface area contributed by atoms with E-state index in [0.717, 1.165) is 43.6 Å². The predicted octanol–water partition coefficient (Wildman–Crippen LogP) is 2.15. The molecule has 6 nitrogen and oxygen atoms in total. The van der Waals surface area contributed by atoms with Crippen LogP contribution in [0.2, 0.25) is 0 Å². The monoisotopic (exact) mass is 353 g/mol. The van der Waals surface area contributed by atoms with Crippen LogP contribution in [0.15, 0.2) is 24.5 Å². The van der Waals surface area contributed by atoms with Crippen LogP contribution in [0.5, 0.6) is 0 Å². The van der Waals surface area contributed by atoms with Crippen molar-refractivity contribution in [3.63, 3.8) is 0 Å². The summed E-state index contributed by atoms with van der Waals surface area (Å²) in [6.07, 6.45) is 10.5. The number of pyridine rings is 1. The lowest BCUT2D eigenvalue weighted by atomic mass is 10.0. The minimum absolute atomic E-state index is 0.0692. The van der Waals surface area contributed by atoms with Crippen molar-refractivity contribution in [1.29, 1.82) is 0 Å². The van der Waals surface area contributed by atoms with E-state index in [0.29, 0.717) is 13.1 Å². The number of hydrogen-bond acceptors (Lipinski definition) is 4. The topological polar surface area (TPSA) is 63.1 Å². The molecule has 6 heteroatoms. The normalized spacial score (nSPS) is 20.1. The first-order valence-electron chi connectivity index (χ1n) is 9.66. The standard InChI is InChI=1S/C20H27N5O/c1-24-17-8-3-2-7-16(17)23-20(24)18-9-5-11-25(18)14-19(26)22-13-15-6-4-10-21-12-15/h4,6,10,12,18H,2-3,5,7-9,11,13-14H2,1H3,(H,22,26)/t18-/m1/s1. The van der Waals surface area contributed by atoms with Gasteiger partial charge in [-0.1, -0.05) is 6.07 Å². The van der Waals surface area contributed by atoms with E-state index >= 15 is 0 Å². The Labute approximate surface area is 154 Å². The number of nitrogens with one attached hydrogen (secondary N) is 1. The number of aryl methyl sites for hydroxylation is 1. The Balaban J connectivity index is 1.40. The second kappa shape index (κ2) is 7.58. The largest absolute Gasteiger partial charge is 0.351 e. The van der Waals surface area contributed by atoms with Gasteiger partial charge in [-0.3, -0.25) is 14.7 Å². The van der Waals surface area contributed by atoms with Crippen molar-refractivity contribution < 1.29 is 4.79 Å². The molecule has 3 heterocycles. The van der Waals surface area contributed by atoms with Crippen LogP contribution in [-0.4, -0.2) is 38.4 Å². The van der Waals surface area contributed by atoms with E-state index in [-0.39, 0.29) is 11.9 Å². The highest BCUT2D eigenvalue weighted by Gasteiger charge is 2.32. The van der Waals surface area contributed by atoms with Crippen LogP contribution in [0.1, 0.15) is 54.5 Å². The van der Waals surface area contributed by atoms with Gasteiger partial charge in [-0.2, -0.15) is 0 Å². The molecule has 1 atom stereocenters. The molecule has 0 aromatic carbocycles. The quantitative estimate of drug-likeness (QED) is 0.895. The summed E-state index contributed by atoms with van der Waals surface area (Å²) >= 11 is 0. The first kappa shape index (κ1) is 17.2. The number of likely N-dealkylation sites (tertiary alicyclic amines) is 1. The zero-order chi connectivity index (χ0) is 17.9. The number of hydrogen-bond donors (Lipinski definition) is 1. The number of carbonyl (C=O) groups excluding carboxylic acids is 1. The zero-order valence-corrected chi connectivity index (χ0v) is 15.4. The average Bonchev–Trinajstić information content (AvgIpc) is 3.25. The molecule has 1 aliphatic heterocycles. The molecule has 138 valence electrons. The van der Waals surface area contributed by atoms with E-state index in [1.54, 1.807) is 12.4 Å². The van der Waals surface area contributed by atoms with Crippen LogP contribution in [-0.2, 0) is 31.2 Å². The molecule has 1 N–H and O–H groups in total. The van der Waals surface area contributed by atoms with E-state index in [2.05, 4.69) is 26.8 Å².